The number of aliphatic hydroxyl groups excluding tert-OH is 1. The van der Waals surface area contributed by atoms with Crippen molar-refractivity contribution < 1.29 is 32.6 Å². The van der Waals surface area contributed by atoms with Gasteiger partial charge in [-0.05, 0) is 49.6 Å². The average Bonchev–Trinajstić information content (AvgIpc) is 3.27. The van der Waals surface area contributed by atoms with E-state index in [1.807, 2.05) is 19.1 Å². The number of anilines is 1. The summed E-state index contributed by atoms with van der Waals surface area (Å²) < 4.78 is 33.8. The van der Waals surface area contributed by atoms with Crippen LogP contribution in [0.1, 0.15) is 56.6 Å². The van der Waals surface area contributed by atoms with E-state index in [2.05, 4.69) is 4.90 Å². The molecule has 1 atom stereocenters. The molecule has 46 heavy (non-hydrogen) atoms. The number of fused-ring (bicyclic) bond motifs is 2. The van der Waals surface area contributed by atoms with Crippen LogP contribution >= 0.6 is 0 Å². The van der Waals surface area contributed by atoms with Crippen LogP contribution in [-0.4, -0.2) is 104 Å². The summed E-state index contributed by atoms with van der Waals surface area (Å²) >= 11 is 0. The SMILES string of the molecule is CCCCN1C(=O)C2(/C(=C(/O)c3ccc(S(=O)(=O)N4CCCCCC4)cc3)C(=O)C(=O)N2CCN2CCOCC2)c2ccccc21. The summed E-state index contributed by atoms with van der Waals surface area (Å²) in [7, 11) is -3.75. The lowest BCUT2D eigenvalue weighted by Gasteiger charge is -2.36. The Labute approximate surface area is 270 Å². The highest BCUT2D eigenvalue weighted by atomic mass is 32.2. The molecule has 11 nitrogen and oxygen atoms in total. The number of nitrogens with zero attached hydrogens (tertiary/aromatic N) is 4. The second-order valence-corrected chi connectivity index (χ2v) is 14.3. The van der Waals surface area contributed by atoms with Crippen LogP contribution in [-0.2, 0) is 34.7 Å². The van der Waals surface area contributed by atoms with E-state index in [0.29, 0.717) is 70.2 Å². The number of rotatable bonds is 9. The number of aliphatic hydroxyl groups is 1. The number of unbranched alkanes of at least 4 members (excludes halogenated alkanes) is 1. The predicted octanol–water partition coefficient (Wildman–Crippen LogP) is 3.31. The summed E-state index contributed by atoms with van der Waals surface area (Å²) in [6.45, 7) is 6.27. The van der Waals surface area contributed by atoms with E-state index in [4.69, 9.17) is 4.74 Å². The molecule has 0 saturated carbocycles. The topological polar surface area (TPSA) is 128 Å². The highest BCUT2D eigenvalue weighted by Gasteiger charge is 2.67. The predicted molar refractivity (Wildman–Crippen MR) is 173 cm³/mol. The van der Waals surface area contributed by atoms with Crippen molar-refractivity contribution in [3.8, 4) is 0 Å². The molecule has 0 aliphatic carbocycles. The lowest BCUT2D eigenvalue weighted by Crippen LogP contribution is -2.54. The standard InChI is InChI=1S/C34H42N4O7S/c1-2-3-18-37-28-11-7-6-10-27(28)34(33(37)42)29(31(40)32(41)38(34)20-19-35-21-23-45-24-22-35)30(39)25-12-14-26(15-13-25)46(43,44)36-16-8-4-5-9-17-36/h6-7,10-15,39H,2-5,8-9,16-24H2,1H3/b30-29+. The third kappa shape index (κ3) is 5.44. The van der Waals surface area contributed by atoms with Crippen LogP contribution in [0.5, 0.6) is 0 Å². The Balaban J connectivity index is 1.45. The van der Waals surface area contributed by atoms with E-state index < -0.39 is 38.9 Å². The number of morpholine rings is 1. The molecule has 1 spiro atoms. The van der Waals surface area contributed by atoms with Crippen molar-refractivity contribution in [2.24, 2.45) is 0 Å². The van der Waals surface area contributed by atoms with Gasteiger partial charge in [-0.3, -0.25) is 19.3 Å². The van der Waals surface area contributed by atoms with Crippen molar-refractivity contribution >= 4 is 39.1 Å². The Morgan fingerprint density at radius 1 is 0.870 bits per heavy atom. The second kappa shape index (κ2) is 13.3. The summed E-state index contributed by atoms with van der Waals surface area (Å²) in [5, 5.41) is 11.9. The summed E-state index contributed by atoms with van der Waals surface area (Å²) in [4.78, 5) is 47.7. The molecule has 1 unspecified atom stereocenters. The van der Waals surface area contributed by atoms with Crippen LogP contribution in [0.3, 0.4) is 0 Å². The van der Waals surface area contributed by atoms with Gasteiger partial charge in [0, 0.05) is 56.9 Å². The van der Waals surface area contributed by atoms with Gasteiger partial charge < -0.3 is 19.6 Å². The van der Waals surface area contributed by atoms with E-state index in [-0.39, 0.29) is 22.6 Å². The van der Waals surface area contributed by atoms with E-state index in [1.165, 1.54) is 33.5 Å². The van der Waals surface area contributed by atoms with Crippen LogP contribution in [0.2, 0.25) is 0 Å². The van der Waals surface area contributed by atoms with Gasteiger partial charge in [0.1, 0.15) is 5.76 Å². The largest absolute Gasteiger partial charge is 0.507 e. The summed E-state index contributed by atoms with van der Waals surface area (Å²) in [6.07, 6.45) is 5.12. The van der Waals surface area contributed by atoms with Crippen molar-refractivity contribution in [1.29, 1.82) is 0 Å². The third-order valence-corrected chi connectivity index (χ3v) is 11.5. The third-order valence-electron chi connectivity index (χ3n) is 9.62. The molecule has 246 valence electrons. The van der Waals surface area contributed by atoms with E-state index in [1.54, 1.807) is 17.0 Å². The second-order valence-electron chi connectivity index (χ2n) is 12.3. The molecule has 4 aliphatic rings. The van der Waals surface area contributed by atoms with Gasteiger partial charge in [-0.15, -0.1) is 0 Å². The molecule has 4 aliphatic heterocycles. The first-order valence-electron chi connectivity index (χ1n) is 16.3. The van der Waals surface area contributed by atoms with Crippen molar-refractivity contribution in [3.63, 3.8) is 0 Å². The fourth-order valence-electron chi connectivity index (χ4n) is 7.13. The molecule has 2 aromatic carbocycles. The Kier molecular flexibility index (Phi) is 9.33. The zero-order valence-electron chi connectivity index (χ0n) is 26.3. The van der Waals surface area contributed by atoms with Crippen LogP contribution in [0, 0.1) is 0 Å². The molecule has 2 aromatic rings. The van der Waals surface area contributed by atoms with Crippen molar-refractivity contribution in [3.05, 3.63) is 65.2 Å². The quantitative estimate of drug-likeness (QED) is 0.249. The lowest BCUT2D eigenvalue weighted by molar-refractivity contribution is -0.144. The fraction of sp³-hybridized carbons (Fsp3) is 0.500. The number of Topliss-reactive ketones (excluding diaryl/α,β-unsaturated/α-hetero) is 1. The highest BCUT2D eigenvalue weighted by Crippen LogP contribution is 2.53. The molecule has 0 bridgehead atoms. The first kappa shape index (κ1) is 32.4. The molecule has 3 saturated heterocycles. The number of sulfonamides is 1. The average molecular weight is 651 g/mol. The van der Waals surface area contributed by atoms with Crippen LogP contribution in [0.4, 0.5) is 5.69 Å². The van der Waals surface area contributed by atoms with Gasteiger partial charge in [0.25, 0.3) is 17.6 Å². The highest BCUT2D eigenvalue weighted by molar-refractivity contribution is 7.89. The molecule has 0 aromatic heterocycles. The minimum absolute atomic E-state index is 0.0830. The van der Waals surface area contributed by atoms with Crippen molar-refractivity contribution in [1.82, 2.24) is 14.1 Å². The van der Waals surface area contributed by atoms with Gasteiger partial charge in [0.05, 0.1) is 29.4 Å². The van der Waals surface area contributed by atoms with Gasteiger partial charge in [0.2, 0.25) is 10.0 Å². The van der Waals surface area contributed by atoms with E-state index in [0.717, 1.165) is 32.1 Å². The molecular formula is C34H42N4O7S. The maximum atomic E-state index is 14.7. The summed E-state index contributed by atoms with van der Waals surface area (Å²) in [6, 6.07) is 12.8. The number of ether oxygens (including phenoxy) is 1. The number of para-hydroxylation sites is 1. The number of carbonyl (C=O) groups is 3. The number of hydrogen-bond acceptors (Lipinski definition) is 8. The zero-order chi connectivity index (χ0) is 32.5. The van der Waals surface area contributed by atoms with Crippen molar-refractivity contribution in [2.75, 3.05) is 63.9 Å². The maximum absolute atomic E-state index is 14.7. The molecular weight excluding hydrogens is 608 g/mol. The number of carbonyl (C=O) groups excluding carboxylic acids is 3. The monoisotopic (exact) mass is 650 g/mol. The lowest BCUT2D eigenvalue weighted by atomic mass is 9.82. The Morgan fingerprint density at radius 3 is 2.22 bits per heavy atom. The first-order chi connectivity index (χ1) is 22.2. The molecule has 1 N–H and O–H groups in total. The smallest absolute Gasteiger partial charge is 0.296 e. The molecule has 2 amide bonds. The van der Waals surface area contributed by atoms with E-state index in [9.17, 15) is 27.9 Å². The normalized spacial score (nSPS) is 24.2. The van der Waals surface area contributed by atoms with Gasteiger partial charge in [-0.2, -0.15) is 4.31 Å². The number of ketones is 1. The first-order valence-corrected chi connectivity index (χ1v) is 17.8. The fourth-order valence-corrected chi connectivity index (χ4v) is 8.65. The number of amides is 2. The number of benzene rings is 2. The number of likely N-dealkylation sites (tertiary alicyclic amines) is 1. The van der Waals surface area contributed by atoms with Crippen LogP contribution < -0.4 is 4.90 Å². The summed E-state index contributed by atoms with van der Waals surface area (Å²) in [5.41, 5.74) is -0.925. The molecule has 6 rings (SSSR count). The molecule has 4 heterocycles. The van der Waals surface area contributed by atoms with Crippen LogP contribution in [0.25, 0.3) is 5.76 Å². The Hall–Kier alpha value is -3.58. The van der Waals surface area contributed by atoms with Gasteiger partial charge in [-0.1, -0.05) is 44.4 Å². The number of hydrogen-bond donors (Lipinski definition) is 1. The van der Waals surface area contributed by atoms with Gasteiger partial charge >= 0.3 is 0 Å². The Morgan fingerprint density at radius 2 is 1.54 bits per heavy atom. The minimum Gasteiger partial charge on any atom is -0.507 e. The summed E-state index contributed by atoms with van der Waals surface area (Å²) in [5.74, 6) is -2.76. The maximum Gasteiger partial charge on any atom is 0.296 e. The van der Waals surface area contributed by atoms with Crippen LogP contribution in [0.15, 0.2) is 59.0 Å². The van der Waals surface area contributed by atoms with Gasteiger partial charge in [0.15, 0.2) is 5.54 Å². The zero-order valence-corrected chi connectivity index (χ0v) is 27.1. The molecule has 12 heteroatoms. The van der Waals surface area contributed by atoms with Gasteiger partial charge in [-0.25, -0.2) is 8.42 Å². The molecule has 3 fully saturated rings. The molecule has 0 radical (unpaired) electrons. The Bertz CT molecular complexity index is 1630. The van der Waals surface area contributed by atoms with Crippen molar-refractivity contribution in [2.45, 2.75) is 55.9 Å². The van der Waals surface area contributed by atoms with E-state index >= 15 is 0 Å². The minimum atomic E-state index is -3.75.